The number of carbonyl (C=O) groups is 4. The maximum absolute atomic E-state index is 13.9. The van der Waals surface area contributed by atoms with E-state index in [1.807, 2.05) is 37.3 Å². The maximum atomic E-state index is 13.9. The van der Waals surface area contributed by atoms with Crippen molar-refractivity contribution in [2.45, 2.75) is 51.2 Å². The molecule has 0 aliphatic carbocycles. The third-order valence-electron chi connectivity index (χ3n) is 7.56. The van der Waals surface area contributed by atoms with E-state index in [1.54, 1.807) is 48.7 Å². The van der Waals surface area contributed by atoms with Crippen molar-refractivity contribution in [3.63, 3.8) is 0 Å². The first-order valence-electron chi connectivity index (χ1n) is 14.1. The van der Waals surface area contributed by atoms with Crippen LogP contribution in [0, 0.1) is 6.92 Å². The van der Waals surface area contributed by atoms with Gasteiger partial charge in [-0.15, -0.1) is 0 Å². The zero-order chi connectivity index (χ0) is 30.3. The quantitative estimate of drug-likeness (QED) is 0.230. The van der Waals surface area contributed by atoms with E-state index >= 15 is 0 Å². The van der Waals surface area contributed by atoms with Gasteiger partial charge in [0, 0.05) is 54.7 Å². The second kappa shape index (κ2) is 13.5. The van der Waals surface area contributed by atoms with Gasteiger partial charge in [0.25, 0.3) is 0 Å². The molecule has 10 heteroatoms. The predicted octanol–water partition coefficient (Wildman–Crippen LogP) is 4.65. The highest BCUT2D eigenvalue weighted by Gasteiger charge is 2.36. The Morgan fingerprint density at radius 2 is 1.74 bits per heavy atom. The number of nitrogens with one attached hydrogen (secondary N) is 3. The number of carbonyl (C=O) groups excluding carboxylic acids is 4. The lowest BCUT2D eigenvalue weighted by Gasteiger charge is -2.36. The van der Waals surface area contributed by atoms with Gasteiger partial charge in [-0.2, -0.15) is 0 Å². The summed E-state index contributed by atoms with van der Waals surface area (Å²) in [7, 11) is 0. The summed E-state index contributed by atoms with van der Waals surface area (Å²) in [6.07, 6.45) is 3.58. The number of benzene rings is 3. The average Bonchev–Trinajstić information content (AvgIpc) is 3.54. The third kappa shape index (κ3) is 7.37. The molecule has 0 saturated heterocycles. The molecule has 3 N–H and O–H groups in total. The van der Waals surface area contributed by atoms with Gasteiger partial charge in [-0.3, -0.25) is 19.2 Å². The van der Waals surface area contributed by atoms with Gasteiger partial charge < -0.3 is 20.5 Å². The summed E-state index contributed by atoms with van der Waals surface area (Å²) in [6, 6.07) is 19.8. The van der Waals surface area contributed by atoms with Gasteiger partial charge in [0.15, 0.2) is 5.78 Å². The number of aromatic nitrogens is 2. The minimum atomic E-state index is -0.972. The number of halogens is 1. The van der Waals surface area contributed by atoms with E-state index in [2.05, 4.69) is 20.6 Å². The fourth-order valence-electron chi connectivity index (χ4n) is 5.19. The van der Waals surface area contributed by atoms with E-state index < -0.39 is 23.9 Å². The van der Waals surface area contributed by atoms with Gasteiger partial charge >= 0.3 is 0 Å². The van der Waals surface area contributed by atoms with Crippen molar-refractivity contribution >= 4 is 40.8 Å². The number of fused-ring (bicyclic) bond motifs is 1. The summed E-state index contributed by atoms with van der Waals surface area (Å²) >= 11 is 6.14. The fourth-order valence-corrected chi connectivity index (χ4v) is 5.31. The summed E-state index contributed by atoms with van der Waals surface area (Å²) < 4.78 is 0. The summed E-state index contributed by atoms with van der Waals surface area (Å²) in [5.41, 5.74) is 4.37. The Balaban J connectivity index is 1.34. The molecular formula is C33H32ClN5O4. The molecule has 0 saturated carbocycles. The number of hydrogen-bond donors (Lipinski definition) is 3. The van der Waals surface area contributed by atoms with Crippen molar-refractivity contribution in [3.8, 4) is 0 Å². The monoisotopic (exact) mass is 597 g/mol. The molecule has 0 fully saturated rings. The highest BCUT2D eigenvalue weighted by Crippen LogP contribution is 2.25. The molecule has 3 amide bonds. The lowest BCUT2D eigenvalue weighted by Crippen LogP contribution is -2.56. The number of anilines is 1. The van der Waals surface area contributed by atoms with Crippen LogP contribution in [0.4, 0.5) is 5.69 Å². The standard InChI is InChI=1S/C33H32ClN5O4/c1-21-15-25(11-12-27(21)34)37-32(42)28(17-26-18-35-20-36-26)38-33(43)29-16-23-9-5-6-10-24(23)19-39(29)31(41)14-13-30(40)22-7-3-2-4-8-22/h2-12,15,18,20,28-29H,13-14,16-17,19H2,1H3,(H,35,36)(H,37,42)(H,38,43)/t28-,29-/m0/s1. The number of aromatic amines is 1. The Labute approximate surface area is 254 Å². The Bertz CT molecular complexity index is 1620. The lowest BCUT2D eigenvalue weighted by atomic mass is 9.92. The van der Waals surface area contributed by atoms with E-state index in [4.69, 9.17) is 11.6 Å². The summed E-state index contributed by atoms with van der Waals surface area (Å²) in [5, 5.41) is 6.32. The van der Waals surface area contributed by atoms with Crippen LogP contribution in [-0.4, -0.2) is 50.5 Å². The number of amides is 3. The lowest BCUT2D eigenvalue weighted by molar-refractivity contribution is -0.142. The maximum Gasteiger partial charge on any atom is 0.247 e. The second-order valence-corrected chi connectivity index (χ2v) is 11.0. The highest BCUT2D eigenvalue weighted by molar-refractivity contribution is 6.31. The number of aryl methyl sites for hydroxylation is 1. The molecule has 0 radical (unpaired) electrons. The van der Waals surface area contributed by atoms with Gasteiger partial charge in [0.2, 0.25) is 17.7 Å². The van der Waals surface area contributed by atoms with Crippen molar-refractivity contribution in [2.24, 2.45) is 0 Å². The normalized spacial score (nSPS) is 14.8. The second-order valence-electron chi connectivity index (χ2n) is 10.6. The zero-order valence-corrected chi connectivity index (χ0v) is 24.4. The minimum Gasteiger partial charge on any atom is -0.351 e. The third-order valence-corrected chi connectivity index (χ3v) is 7.98. The number of ketones is 1. The molecule has 0 spiro atoms. The molecule has 9 nitrogen and oxygen atoms in total. The van der Waals surface area contributed by atoms with Crippen molar-refractivity contribution < 1.29 is 19.2 Å². The molecule has 4 aromatic rings. The molecule has 1 aromatic heterocycles. The largest absolute Gasteiger partial charge is 0.351 e. The molecule has 2 atom stereocenters. The summed E-state index contributed by atoms with van der Waals surface area (Å²) in [6.45, 7) is 2.06. The molecule has 5 rings (SSSR count). The van der Waals surface area contributed by atoms with Crippen LogP contribution in [-0.2, 0) is 33.8 Å². The van der Waals surface area contributed by atoms with Gasteiger partial charge in [-0.25, -0.2) is 4.98 Å². The summed E-state index contributed by atoms with van der Waals surface area (Å²) in [5.74, 6) is -1.33. The van der Waals surface area contributed by atoms with Crippen LogP contribution in [0.3, 0.4) is 0 Å². The number of imidazole rings is 1. The molecule has 43 heavy (non-hydrogen) atoms. The molecule has 3 aromatic carbocycles. The number of H-pyrrole nitrogens is 1. The Hall–Kier alpha value is -4.76. The molecule has 2 heterocycles. The van der Waals surface area contributed by atoms with E-state index in [0.29, 0.717) is 22.0 Å². The number of Topliss-reactive ketones (excluding diaryl/α,β-unsaturated/α-hetero) is 1. The van der Waals surface area contributed by atoms with Crippen molar-refractivity contribution in [2.75, 3.05) is 5.32 Å². The van der Waals surface area contributed by atoms with Gasteiger partial charge in [0.1, 0.15) is 12.1 Å². The van der Waals surface area contributed by atoms with Crippen LogP contribution < -0.4 is 10.6 Å². The smallest absolute Gasteiger partial charge is 0.247 e. The molecular weight excluding hydrogens is 566 g/mol. The number of nitrogens with zero attached hydrogens (tertiary/aromatic N) is 2. The minimum absolute atomic E-state index is 0.0278. The first kappa shape index (κ1) is 29.7. The number of hydrogen-bond acceptors (Lipinski definition) is 5. The summed E-state index contributed by atoms with van der Waals surface area (Å²) in [4.78, 5) is 62.2. The van der Waals surface area contributed by atoms with E-state index in [1.165, 1.54) is 11.2 Å². The Morgan fingerprint density at radius 1 is 1.00 bits per heavy atom. The van der Waals surface area contributed by atoms with Crippen LogP contribution in [0.15, 0.2) is 85.3 Å². The van der Waals surface area contributed by atoms with E-state index in [9.17, 15) is 19.2 Å². The Kier molecular flexibility index (Phi) is 9.32. The van der Waals surface area contributed by atoms with Crippen LogP contribution in [0.2, 0.25) is 5.02 Å². The topological polar surface area (TPSA) is 124 Å². The number of rotatable bonds is 10. The van der Waals surface area contributed by atoms with Gasteiger partial charge in [-0.1, -0.05) is 66.2 Å². The van der Waals surface area contributed by atoms with E-state index in [-0.39, 0.29) is 43.9 Å². The molecule has 1 aliphatic rings. The van der Waals surface area contributed by atoms with Crippen LogP contribution in [0.1, 0.15) is 45.6 Å². The van der Waals surface area contributed by atoms with Crippen LogP contribution >= 0.6 is 11.6 Å². The Morgan fingerprint density at radius 3 is 2.47 bits per heavy atom. The van der Waals surface area contributed by atoms with Gasteiger partial charge in [-0.05, 0) is 41.8 Å². The van der Waals surface area contributed by atoms with Crippen molar-refractivity contribution in [3.05, 3.63) is 118 Å². The van der Waals surface area contributed by atoms with Crippen LogP contribution in [0.5, 0.6) is 0 Å². The SMILES string of the molecule is Cc1cc(NC(=O)[C@H](Cc2c[nH]cn2)NC(=O)[C@@H]2Cc3ccccc3CN2C(=O)CCC(=O)c2ccccc2)ccc1Cl. The highest BCUT2D eigenvalue weighted by atomic mass is 35.5. The first-order valence-corrected chi connectivity index (χ1v) is 14.5. The van der Waals surface area contributed by atoms with Crippen molar-refractivity contribution in [1.82, 2.24) is 20.2 Å². The molecule has 0 unspecified atom stereocenters. The molecule has 1 aliphatic heterocycles. The van der Waals surface area contributed by atoms with Crippen LogP contribution in [0.25, 0.3) is 0 Å². The van der Waals surface area contributed by atoms with E-state index in [0.717, 1.165) is 16.7 Å². The van der Waals surface area contributed by atoms with Crippen molar-refractivity contribution in [1.29, 1.82) is 0 Å². The average molecular weight is 598 g/mol. The molecule has 220 valence electrons. The molecule has 0 bridgehead atoms. The van der Waals surface area contributed by atoms with Gasteiger partial charge in [0.05, 0.1) is 12.0 Å². The predicted molar refractivity (Wildman–Crippen MR) is 164 cm³/mol. The first-order chi connectivity index (χ1) is 20.8. The zero-order valence-electron chi connectivity index (χ0n) is 23.7. The fraction of sp³-hybridized carbons (Fsp3) is 0.242.